The van der Waals surface area contributed by atoms with Crippen LogP contribution in [0.4, 0.5) is 0 Å². The van der Waals surface area contributed by atoms with E-state index in [1.165, 1.54) is 18.7 Å². The van der Waals surface area contributed by atoms with E-state index in [0.29, 0.717) is 6.04 Å². The first-order chi connectivity index (χ1) is 11.8. The van der Waals surface area contributed by atoms with Crippen molar-refractivity contribution in [1.82, 2.24) is 10.2 Å². The summed E-state index contributed by atoms with van der Waals surface area (Å²) >= 11 is 0. The molecule has 2 aliphatic rings. The van der Waals surface area contributed by atoms with Crippen LogP contribution in [-0.4, -0.2) is 60.8 Å². The van der Waals surface area contributed by atoms with Crippen LogP contribution in [0.3, 0.4) is 0 Å². The molecule has 0 amide bonds. The number of nitrogens with zero attached hydrogens (tertiary/aromatic N) is 1. The van der Waals surface area contributed by atoms with E-state index >= 15 is 0 Å². The van der Waals surface area contributed by atoms with Crippen molar-refractivity contribution < 1.29 is 24.5 Å². The van der Waals surface area contributed by atoms with E-state index < -0.39 is 11.9 Å². The minimum atomic E-state index is -0.833. The topological polar surface area (TPSA) is 99.1 Å². The monoisotopic (exact) mass is 352 g/mol. The average molecular weight is 352 g/mol. The summed E-state index contributed by atoms with van der Waals surface area (Å²) in [5, 5.41) is 18.3. The molecule has 3 rings (SSSR count). The summed E-state index contributed by atoms with van der Waals surface area (Å²) in [5.41, 5.74) is 1.42. The van der Waals surface area contributed by atoms with E-state index in [1.54, 1.807) is 7.11 Å². The maximum atomic E-state index is 9.00. The Labute approximate surface area is 148 Å². The van der Waals surface area contributed by atoms with Crippen molar-refractivity contribution in [3.63, 3.8) is 0 Å². The van der Waals surface area contributed by atoms with Gasteiger partial charge in [0.1, 0.15) is 5.75 Å². The highest BCUT2D eigenvalue weighted by Gasteiger charge is 2.42. The lowest BCUT2D eigenvalue weighted by atomic mass is 9.89. The van der Waals surface area contributed by atoms with Gasteiger partial charge in [0.2, 0.25) is 0 Å². The van der Waals surface area contributed by atoms with E-state index in [9.17, 15) is 0 Å². The van der Waals surface area contributed by atoms with Gasteiger partial charge in [0.15, 0.2) is 0 Å². The summed E-state index contributed by atoms with van der Waals surface area (Å²) < 4.78 is 5.22. The molecule has 0 aromatic heterocycles. The van der Waals surface area contributed by atoms with Crippen molar-refractivity contribution in [2.75, 3.05) is 33.8 Å². The lowest BCUT2D eigenvalue weighted by Gasteiger charge is -2.24. The van der Waals surface area contributed by atoms with Crippen LogP contribution in [0, 0.1) is 11.8 Å². The molecule has 0 radical (unpaired) electrons. The highest BCUT2D eigenvalue weighted by molar-refractivity contribution is 5.63. The molecule has 0 saturated carbocycles. The van der Waals surface area contributed by atoms with E-state index in [4.69, 9.17) is 24.5 Å². The second-order valence-corrected chi connectivity index (χ2v) is 6.28. The summed E-state index contributed by atoms with van der Waals surface area (Å²) in [4.78, 5) is 20.5. The molecule has 1 aromatic rings. The quantitative estimate of drug-likeness (QED) is 0.745. The largest absolute Gasteiger partial charge is 0.497 e. The number of hydrogen-bond donors (Lipinski definition) is 3. The van der Waals surface area contributed by atoms with Crippen molar-refractivity contribution in [2.24, 2.45) is 11.8 Å². The second-order valence-electron chi connectivity index (χ2n) is 6.28. The maximum Gasteiger partial charge on any atom is 0.300 e. The Balaban J connectivity index is 0.000000333. The van der Waals surface area contributed by atoms with Crippen molar-refractivity contribution in [1.29, 1.82) is 0 Å². The zero-order valence-electron chi connectivity index (χ0n) is 15.2. The first-order valence-corrected chi connectivity index (χ1v) is 8.20. The van der Waals surface area contributed by atoms with Gasteiger partial charge in [-0.3, -0.25) is 14.5 Å². The van der Waals surface area contributed by atoms with Crippen LogP contribution in [0.15, 0.2) is 24.3 Å². The molecule has 2 fully saturated rings. The molecule has 2 aliphatic heterocycles. The van der Waals surface area contributed by atoms with Gasteiger partial charge >= 0.3 is 0 Å². The van der Waals surface area contributed by atoms with Crippen molar-refractivity contribution in [2.45, 2.75) is 19.9 Å². The normalized spacial score (nSPS) is 24.2. The van der Waals surface area contributed by atoms with Gasteiger partial charge in [-0.05, 0) is 43.1 Å². The molecule has 3 atom stereocenters. The Morgan fingerprint density at radius 3 is 2.12 bits per heavy atom. The molecular weight excluding hydrogens is 324 g/mol. The number of aliphatic carboxylic acids is 2. The van der Waals surface area contributed by atoms with Gasteiger partial charge in [0, 0.05) is 33.0 Å². The molecule has 25 heavy (non-hydrogen) atoms. The zero-order valence-corrected chi connectivity index (χ0v) is 15.2. The smallest absolute Gasteiger partial charge is 0.300 e. The van der Waals surface area contributed by atoms with E-state index in [2.05, 4.69) is 41.5 Å². The third-order valence-electron chi connectivity index (χ3n) is 4.25. The number of rotatable bonds is 2. The summed E-state index contributed by atoms with van der Waals surface area (Å²) in [6.45, 7) is 5.72. The van der Waals surface area contributed by atoms with Gasteiger partial charge in [0.25, 0.3) is 11.9 Å². The minimum Gasteiger partial charge on any atom is -0.497 e. The molecule has 2 heterocycles. The molecule has 7 heteroatoms. The molecule has 140 valence electrons. The number of hydrogen-bond acceptors (Lipinski definition) is 5. The first kappa shape index (κ1) is 20.9. The molecule has 2 saturated heterocycles. The molecule has 0 unspecified atom stereocenters. The molecule has 3 N–H and O–H groups in total. The number of carbonyl (C=O) groups is 2. The number of nitrogens with one attached hydrogen (secondary N) is 1. The Morgan fingerprint density at radius 1 is 1.12 bits per heavy atom. The third-order valence-corrected chi connectivity index (χ3v) is 4.25. The van der Waals surface area contributed by atoms with Crippen molar-refractivity contribution in [3.05, 3.63) is 29.8 Å². The van der Waals surface area contributed by atoms with Crippen molar-refractivity contribution in [3.8, 4) is 5.75 Å². The number of carboxylic acid groups (broad SMARTS) is 2. The first-order valence-electron chi connectivity index (χ1n) is 8.20. The summed E-state index contributed by atoms with van der Waals surface area (Å²) in [6, 6.07) is 9.13. The van der Waals surface area contributed by atoms with E-state index in [-0.39, 0.29) is 0 Å². The predicted molar refractivity (Wildman–Crippen MR) is 94.8 cm³/mol. The number of likely N-dealkylation sites (tertiary alicyclic amines) is 1. The maximum absolute atomic E-state index is 9.00. The van der Waals surface area contributed by atoms with Gasteiger partial charge in [-0.2, -0.15) is 0 Å². The number of carboxylic acids is 2. The molecular formula is C18H28N2O5. The van der Waals surface area contributed by atoms with Gasteiger partial charge in [-0.15, -0.1) is 0 Å². The van der Waals surface area contributed by atoms with Crippen LogP contribution in [0.2, 0.25) is 0 Å². The fourth-order valence-corrected chi connectivity index (χ4v) is 3.44. The van der Waals surface area contributed by atoms with E-state index in [1.807, 2.05) is 0 Å². The van der Waals surface area contributed by atoms with Gasteiger partial charge in [-0.25, -0.2) is 0 Å². The van der Waals surface area contributed by atoms with Crippen LogP contribution >= 0.6 is 0 Å². The van der Waals surface area contributed by atoms with E-state index in [0.717, 1.165) is 38.0 Å². The van der Waals surface area contributed by atoms with Crippen LogP contribution in [0.5, 0.6) is 5.75 Å². The second kappa shape index (κ2) is 10.0. The van der Waals surface area contributed by atoms with Gasteiger partial charge in [0.05, 0.1) is 7.11 Å². The average Bonchev–Trinajstić information content (AvgIpc) is 3.06. The van der Waals surface area contributed by atoms with Gasteiger partial charge in [-0.1, -0.05) is 12.1 Å². The Bertz CT molecular complexity index is 541. The molecule has 7 nitrogen and oxygen atoms in total. The molecule has 0 bridgehead atoms. The number of ether oxygens (including phenoxy) is 1. The third kappa shape index (κ3) is 6.72. The lowest BCUT2D eigenvalue weighted by molar-refractivity contribution is -0.135. The van der Waals surface area contributed by atoms with Crippen LogP contribution in [0.1, 0.15) is 25.5 Å². The van der Waals surface area contributed by atoms with Crippen LogP contribution < -0.4 is 10.1 Å². The van der Waals surface area contributed by atoms with Gasteiger partial charge < -0.3 is 20.3 Å². The molecule has 0 aliphatic carbocycles. The Morgan fingerprint density at radius 2 is 1.64 bits per heavy atom. The number of fused-ring (bicyclic) bond motifs is 1. The molecule has 0 spiro atoms. The summed E-state index contributed by atoms with van der Waals surface area (Å²) in [5.74, 6) is 0.871. The SMILES string of the molecule is CC(=O)O.CC(=O)O.COc1ccc([C@H]2[C@@H]3CNC[C@@H]3CN2C)cc1. The fourth-order valence-electron chi connectivity index (χ4n) is 3.44. The highest BCUT2D eigenvalue weighted by atomic mass is 16.5. The fraction of sp³-hybridized carbons (Fsp3) is 0.556. The number of methoxy groups -OCH3 is 1. The summed E-state index contributed by atoms with van der Waals surface area (Å²) in [7, 11) is 3.96. The summed E-state index contributed by atoms with van der Waals surface area (Å²) in [6.07, 6.45) is 0. The lowest BCUT2D eigenvalue weighted by Crippen LogP contribution is -2.25. The highest BCUT2D eigenvalue weighted by Crippen LogP contribution is 2.41. The van der Waals surface area contributed by atoms with Crippen LogP contribution in [-0.2, 0) is 9.59 Å². The Kier molecular flexibility index (Phi) is 8.37. The number of benzene rings is 1. The predicted octanol–water partition coefficient (Wildman–Crippen LogP) is 1.70. The molecule has 1 aromatic carbocycles. The minimum absolute atomic E-state index is 0.570. The standard InChI is InChI=1S/C14H20N2O.2C2H4O2/c1-16-9-11-7-15-8-13(11)14(16)10-3-5-12(17-2)6-4-10;2*1-2(3)4/h3-6,11,13-15H,7-9H2,1-2H3;2*1H3,(H,3,4)/t11-,13-,14+;;/m1../s1. The zero-order chi connectivity index (χ0) is 19.0. The van der Waals surface area contributed by atoms with Crippen molar-refractivity contribution >= 4 is 11.9 Å². The van der Waals surface area contributed by atoms with Crippen LogP contribution in [0.25, 0.3) is 0 Å². The Hall–Kier alpha value is -2.12.